The maximum absolute atomic E-state index is 12.5. The fraction of sp³-hybridized carbons (Fsp3) is 0.938. The van der Waals surface area contributed by atoms with E-state index >= 15 is 0 Å². The zero-order valence-electron chi connectivity index (χ0n) is 13.9. The molecular weight excluding hydrogens is 352 g/mol. The molecule has 0 aliphatic carbocycles. The van der Waals surface area contributed by atoms with Crippen LogP contribution < -0.4 is 0 Å². The number of ketones is 1. The molecule has 0 aliphatic heterocycles. The van der Waals surface area contributed by atoms with Gasteiger partial charge in [-0.05, 0) is 32.7 Å². The van der Waals surface area contributed by atoms with Gasteiger partial charge in [0.15, 0.2) is 13.2 Å². The molecule has 4 heteroatoms. The highest BCUT2D eigenvalue weighted by Gasteiger charge is 2.32. The third kappa shape index (κ3) is 10.4. The minimum Gasteiger partial charge on any atom is -0.298 e. The first-order valence-electron chi connectivity index (χ1n) is 8.00. The molecule has 0 N–H and O–H groups in total. The summed E-state index contributed by atoms with van der Waals surface area (Å²) in [5.74, 6) is 0.527. The Balaban J connectivity index is 4.37. The summed E-state index contributed by atoms with van der Waals surface area (Å²) in [5.41, 5.74) is 0. The summed E-state index contributed by atoms with van der Waals surface area (Å²) in [5, 5.41) is 0. The number of hydrogen-bond donors (Lipinski definition) is 0. The fourth-order valence-electron chi connectivity index (χ4n) is 2.40. The molecule has 20 heavy (non-hydrogen) atoms. The van der Waals surface area contributed by atoms with Crippen LogP contribution in [0.15, 0.2) is 0 Å². The van der Waals surface area contributed by atoms with Crippen molar-refractivity contribution in [2.45, 2.75) is 89.2 Å². The lowest BCUT2D eigenvalue weighted by Gasteiger charge is -2.25. The molecule has 120 valence electrons. The number of Topliss-reactive ketones (excluding diaryl/α,β-unsaturated/α-hetero) is 1. The zero-order chi connectivity index (χ0) is 15.8. The first kappa shape index (κ1) is 20.7. The lowest BCUT2D eigenvalue weighted by atomic mass is 9.88. The molecule has 1 nitrogen and oxygen atoms in total. The van der Waals surface area contributed by atoms with E-state index in [-0.39, 0.29) is 5.92 Å². The van der Waals surface area contributed by atoms with Crippen LogP contribution in [0.4, 0.5) is 0 Å². The van der Waals surface area contributed by atoms with Crippen LogP contribution in [0.25, 0.3) is 0 Å². The van der Waals surface area contributed by atoms with Crippen molar-refractivity contribution < 1.29 is 4.79 Å². The van der Waals surface area contributed by atoms with E-state index in [9.17, 15) is 4.79 Å². The van der Waals surface area contributed by atoms with E-state index in [4.69, 9.17) is 11.1 Å². The summed E-state index contributed by atoms with van der Waals surface area (Å²) in [7, 11) is -1.58. The minimum absolute atomic E-state index is 0.177. The average molecular weight is 384 g/mol. The first-order valence-corrected chi connectivity index (χ1v) is 13.0. The molecule has 0 aromatic heterocycles. The molecule has 0 saturated carbocycles. The van der Waals surface area contributed by atoms with Gasteiger partial charge >= 0.3 is 0 Å². The van der Waals surface area contributed by atoms with Gasteiger partial charge in [-0.3, -0.25) is 4.79 Å². The molecule has 0 bridgehead atoms. The van der Waals surface area contributed by atoms with E-state index in [1.165, 1.54) is 32.1 Å². The SMILES string of the molecule is CCCCCCCC(CC[Si](C)(C)Cl)C(=O)C(C)(C)Br. The second-order valence-corrected chi connectivity index (χ2v) is 16.0. The topological polar surface area (TPSA) is 17.1 Å². The molecule has 0 aliphatic rings. The quantitative estimate of drug-likeness (QED) is 0.171. The number of carbonyl (C=O) groups excluding carboxylic acids is 1. The number of unbranched alkanes of at least 4 members (excludes halogenated alkanes) is 4. The van der Waals surface area contributed by atoms with Crippen molar-refractivity contribution in [1.29, 1.82) is 0 Å². The van der Waals surface area contributed by atoms with Gasteiger partial charge < -0.3 is 0 Å². The zero-order valence-corrected chi connectivity index (χ0v) is 17.2. The van der Waals surface area contributed by atoms with Gasteiger partial charge in [0.05, 0.1) is 4.32 Å². The molecule has 1 atom stereocenters. The fourth-order valence-corrected chi connectivity index (χ4v) is 4.09. The highest BCUT2D eigenvalue weighted by molar-refractivity contribution is 9.10. The average Bonchev–Trinajstić information content (AvgIpc) is 2.29. The van der Waals surface area contributed by atoms with Crippen molar-refractivity contribution in [2.75, 3.05) is 0 Å². The van der Waals surface area contributed by atoms with Crippen LogP contribution >= 0.6 is 27.0 Å². The van der Waals surface area contributed by atoms with Gasteiger partial charge in [-0.1, -0.05) is 68.1 Å². The Labute approximate surface area is 140 Å². The van der Waals surface area contributed by atoms with E-state index < -0.39 is 11.7 Å². The Kier molecular flexibility index (Phi) is 9.95. The van der Waals surface area contributed by atoms with Crippen molar-refractivity contribution >= 4 is 40.2 Å². The van der Waals surface area contributed by atoms with Crippen LogP contribution in [0, 0.1) is 5.92 Å². The van der Waals surface area contributed by atoms with Gasteiger partial charge in [-0.15, -0.1) is 0 Å². The lowest BCUT2D eigenvalue weighted by Crippen LogP contribution is -2.32. The molecular formula is C16H32BrClOSi. The van der Waals surface area contributed by atoms with Gasteiger partial charge in [0, 0.05) is 5.92 Å². The van der Waals surface area contributed by atoms with Crippen LogP contribution in [0.3, 0.4) is 0 Å². The third-order valence-corrected chi connectivity index (χ3v) is 6.14. The largest absolute Gasteiger partial charge is 0.298 e. The molecule has 0 spiro atoms. The van der Waals surface area contributed by atoms with E-state index in [1.54, 1.807) is 0 Å². The first-order chi connectivity index (χ1) is 9.08. The van der Waals surface area contributed by atoms with Gasteiger partial charge in [0.25, 0.3) is 0 Å². The Morgan fingerprint density at radius 3 is 2.15 bits per heavy atom. The Hall–Kier alpha value is 0.657. The maximum atomic E-state index is 12.5. The van der Waals surface area contributed by atoms with Crippen LogP contribution in [0.2, 0.25) is 19.1 Å². The van der Waals surface area contributed by atoms with E-state index in [0.29, 0.717) is 5.78 Å². The minimum atomic E-state index is -1.58. The smallest absolute Gasteiger partial charge is 0.152 e. The summed E-state index contributed by atoms with van der Waals surface area (Å²) >= 11 is 9.94. The summed E-state index contributed by atoms with van der Waals surface area (Å²) in [6.07, 6.45) is 8.28. The Morgan fingerprint density at radius 2 is 1.70 bits per heavy atom. The van der Waals surface area contributed by atoms with Gasteiger partial charge in [-0.25, -0.2) is 0 Å². The molecule has 0 aromatic rings. The van der Waals surface area contributed by atoms with Crippen molar-refractivity contribution in [3.8, 4) is 0 Å². The monoisotopic (exact) mass is 382 g/mol. The predicted octanol–water partition coefficient (Wildman–Crippen LogP) is 6.54. The molecule has 1 unspecified atom stereocenters. The number of hydrogen-bond acceptors (Lipinski definition) is 1. The molecule has 0 aromatic carbocycles. The van der Waals surface area contributed by atoms with Crippen LogP contribution in [-0.4, -0.2) is 17.5 Å². The molecule has 0 fully saturated rings. The predicted molar refractivity (Wildman–Crippen MR) is 97.6 cm³/mol. The lowest BCUT2D eigenvalue weighted by molar-refractivity contribution is -0.124. The second kappa shape index (κ2) is 9.63. The third-order valence-electron chi connectivity index (χ3n) is 3.70. The molecule has 0 saturated heterocycles. The Morgan fingerprint density at radius 1 is 1.15 bits per heavy atom. The van der Waals surface area contributed by atoms with Gasteiger partial charge in [0.1, 0.15) is 0 Å². The summed E-state index contributed by atoms with van der Waals surface area (Å²) in [6.45, 7) is 10.5. The number of halogens is 2. The maximum Gasteiger partial charge on any atom is 0.152 e. The number of rotatable bonds is 11. The van der Waals surface area contributed by atoms with E-state index in [0.717, 1.165) is 18.9 Å². The van der Waals surface area contributed by atoms with Crippen LogP contribution in [-0.2, 0) is 4.79 Å². The second-order valence-electron chi connectivity index (χ2n) is 6.99. The number of alkyl halides is 1. The highest BCUT2D eigenvalue weighted by atomic mass is 79.9. The van der Waals surface area contributed by atoms with Crippen molar-refractivity contribution in [2.24, 2.45) is 5.92 Å². The van der Waals surface area contributed by atoms with E-state index in [1.807, 2.05) is 13.8 Å². The van der Waals surface area contributed by atoms with Crippen molar-refractivity contribution in [1.82, 2.24) is 0 Å². The Bertz CT molecular complexity index is 281. The molecule has 0 radical (unpaired) electrons. The van der Waals surface area contributed by atoms with Crippen molar-refractivity contribution in [3.05, 3.63) is 0 Å². The van der Waals surface area contributed by atoms with Crippen LogP contribution in [0.5, 0.6) is 0 Å². The molecule has 0 rings (SSSR count). The summed E-state index contributed by atoms with van der Waals surface area (Å²) in [4.78, 5) is 12.5. The number of carbonyl (C=O) groups is 1. The summed E-state index contributed by atoms with van der Waals surface area (Å²) < 4.78 is -0.404. The standard InChI is InChI=1S/C16H32BrClOSi/c1-6-7-8-9-10-11-14(12-13-20(4,5)18)15(19)16(2,3)17/h14H,6-13H2,1-5H3. The van der Waals surface area contributed by atoms with Crippen LogP contribution in [0.1, 0.15) is 65.7 Å². The highest BCUT2D eigenvalue weighted by Crippen LogP contribution is 2.30. The van der Waals surface area contributed by atoms with E-state index in [2.05, 4.69) is 35.9 Å². The van der Waals surface area contributed by atoms with Crippen molar-refractivity contribution in [3.63, 3.8) is 0 Å². The summed E-state index contributed by atoms with van der Waals surface area (Å²) in [6, 6.07) is 1.03. The normalized spacial score (nSPS) is 14.3. The molecule has 0 heterocycles. The molecule has 0 amide bonds. The van der Waals surface area contributed by atoms with Gasteiger partial charge in [-0.2, -0.15) is 11.1 Å². The van der Waals surface area contributed by atoms with Gasteiger partial charge in [0.2, 0.25) is 0 Å².